The molecule has 0 aromatic heterocycles. The van der Waals surface area contributed by atoms with Crippen molar-refractivity contribution in [3.8, 4) is 0 Å². The second-order valence-corrected chi connectivity index (χ2v) is 5.32. The van der Waals surface area contributed by atoms with E-state index >= 15 is 0 Å². The summed E-state index contributed by atoms with van der Waals surface area (Å²) in [5.41, 5.74) is -0.429. The molecule has 0 saturated carbocycles. The molecule has 0 rings (SSSR count). The number of ether oxygens (including phenoxy) is 1. The summed E-state index contributed by atoms with van der Waals surface area (Å²) in [4.78, 5) is 11.5. The van der Waals surface area contributed by atoms with Gasteiger partial charge in [0.2, 0.25) is 0 Å². The smallest absolute Gasteiger partial charge is 0.407 e. The van der Waals surface area contributed by atoms with Crippen LogP contribution in [0, 0.1) is 0 Å². The predicted octanol–water partition coefficient (Wildman–Crippen LogP) is 2.68. The highest BCUT2D eigenvalue weighted by atomic mass is 16.6. The SMILES string of the molecule is CCCNC(CCC)CNC(=O)OC(C)(C)C. The zero-order valence-corrected chi connectivity index (χ0v) is 11.9. The van der Waals surface area contributed by atoms with Crippen molar-refractivity contribution >= 4 is 6.09 Å². The topological polar surface area (TPSA) is 50.4 Å². The molecule has 0 saturated heterocycles. The maximum absolute atomic E-state index is 11.5. The fraction of sp³-hybridized carbons (Fsp3) is 0.923. The second kappa shape index (κ2) is 8.34. The number of nitrogens with one attached hydrogen (secondary N) is 2. The minimum atomic E-state index is -0.429. The summed E-state index contributed by atoms with van der Waals surface area (Å²) in [6.07, 6.45) is 2.94. The molecule has 102 valence electrons. The van der Waals surface area contributed by atoms with Crippen LogP contribution in [0.2, 0.25) is 0 Å². The third-order valence-corrected chi connectivity index (χ3v) is 2.21. The highest BCUT2D eigenvalue weighted by Crippen LogP contribution is 2.06. The normalized spacial score (nSPS) is 13.2. The highest BCUT2D eigenvalue weighted by Gasteiger charge is 2.16. The van der Waals surface area contributed by atoms with Gasteiger partial charge < -0.3 is 15.4 Å². The van der Waals surface area contributed by atoms with E-state index in [1.54, 1.807) is 0 Å². The molecule has 0 aliphatic heterocycles. The van der Waals surface area contributed by atoms with Gasteiger partial charge in [0.1, 0.15) is 5.60 Å². The zero-order valence-electron chi connectivity index (χ0n) is 11.9. The first-order valence-corrected chi connectivity index (χ1v) is 6.59. The van der Waals surface area contributed by atoms with Crippen molar-refractivity contribution < 1.29 is 9.53 Å². The molecule has 0 heterocycles. The number of carbonyl (C=O) groups is 1. The van der Waals surface area contributed by atoms with Crippen LogP contribution in [0.5, 0.6) is 0 Å². The first kappa shape index (κ1) is 16.2. The van der Waals surface area contributed by atoms with Gasteiger partial charge in [-0.25, -0.2) is 4.79 Å². The average molecular weight is 244 g/mol. The molecule has 1 unspecified atom stereocenters. The van der Waals surface area contributed by atoms with Crippen LogP contribution < -0.4 is 10.6 Å². The molecule has 0 aliphatic rings. The number of carbonyl (C=O) groups excluding carboxylic acids is 1. The summed E-state index contributed by atoms with van der Waals surface area (Å²) >= 11 is 0. The lowest BCUT2D eigenvalue weighted by molar-refractivity contribution is 0.0522. The maximum Gasteiger partial charge on any atom is 0.407 e. The van der Waals surface area contributed by atoms with Crippen molar-refractivity contribution in [2.45, 2.75) is 65.5 Å². The van der Waals surface area contributed by atoms with E-state index in [4.69, 9.17) is 4.74 Å². The number of alkyl carbamates (subject to hydrolysis) is 1. The Morgan fingerprint density at radius 1 is 1.24 bits per heavy atom. The molecular formula is C13H28N2O2. The molecule has 0 aliphatic carbocycles. The quantitative estimate of drug-likeness (QED) is 0.724. The fourth-order valence-corrected chi connectivity index (χ4v) is 1.49. The van der Waals surface area contributed by atoms with E-state index < -0.39 is 5.60 Å². The molecule has 1 atom stereocenters. The van der Waals surface area contributed by atoms with Crippen molar-refractivity contribution in [3.05, 3.63) is 0 Å². The third kappa shape index (κ3) is 10.1. The average Bonchev–Trinajstić information content (AvgIpc) is 2.19. The van der Waals surface area contributed by atoms with Crippen LogP contribution in [0.4, 0.5) is 4.79 Å². The molecule has 0 radical (unpaired) electrons. The molecule has 2 N–H and O–H groups in total. The van der Waals surface area contributed by atoms with E-state index in [1.165, 1.54) is 0 Å². The van der Waals surface area contributed by atoms with Gasteiger partial charge in [-0.2, -0.15) is 0 Å². The molecule has 1 amide bonds. The van der Waals surface area contributed by atoms with Crippen molar-refractivity contribution in [1.29, 1.82) is 0 Å². The number of hydrogen-bond acceptors (Lipinski definition) is 3. The van der Waals surface area contributed by atoms with Crippen molar-refractivity contribution in [3.63, 3.8) is 0 Å². The molecule has 0 spiro atoms. The largest absolute Gasteiger partial charge is 0.444 e. The van der Waals surface area contributed by atoms with E-state index in [0.29, 0.717) is 12.6 Å². The lowest BCUT2D eigenvalue weighted by atomic mass is 10.1. The number of hydrogen-bond donors (Lipinski definition) is 2. The van der Waals surface area contributed by atoms with Gasteiger partial charge in [-0.3, -0.25) is 0 Å². The Morgan fingerprint density at radius 2 is 1.88 bits per heavy atom. The van der Waals surface area contributed by atoms with Gasteiger partial charge in [0.05, 0.1) is 0 Å². The van der Waals surface area contributed by atoms with Crippen molar-refractivity contribution in [1.82, 2.24) is 10.6 Å². The molecule has 0 aromatic rings. The monoisotopic (exact) mass is 244 g/mol. The van der Waals surface area contributed by atoms with Gasteiger partial charge in [-0.05, 0) is 40.2 Å². The summed E-state index contributed by atoms with van der Waals surface area (Å²) in [6.45, 7) is 11.5. The van der Waals surface area contributed by atoms with Gasteiger partial charge in [0, 0.05) is 12.6 Å². The Balaban J connectivity index is 3.90. The molecule has 0 bridgehead atoms. The third-order valence-electron chi connectivity index (χ3n) is 2.21. The Hall–Kier alpha value is -0.770. The van der Waals surface area contributed by atoms with E-state index in [1.807, 2.05) is 20.8 Å². The van der Waals surface area contributed by atoms with Gasteiger partial charge in [-0.1, -0.05) is 20.3 Å². The predicted molar refractivity (Wildman–Crippen MR) is 71.2 cm³/mol. The van der Waals surface area contributed by atoms with Gasteiger partial charge in [0.15, 0.2) is 0 Å². The van der Waals surface area contributed by atoms with Crippen molar-refractivity contribution in [2.75, 3.05) is 13.1 Å². The zero-order chi connectivity index (χ0) is 13.3. The molecule has 4 heteroatoms. The summed E-state index contributed by atoms with van der Waals surface area (Å²) in [5.74, 6) is 0. The van der Waals surface area contributed by atoms with Crippen LogP contribution in [0.3, 0.4) is 0 Å². The van der Waals surface area contributed by atoms with Gasteiger partial charge >= 0.3 is 6.09 Å². The van der Waals surface area contributed by atoms with Gasteiger partial charge in [0.25, 0.3) is 0 Å². The van der Waals surface area contributed by atoms with Gasteiger partial charge in [-0.15, -0.1) is 0 Å². The molecule has 4 nitrogen and oxygen atoms in total. The van der Waals surface area contributed by atoms with E-state index in [2.05, 4.69) is 24.5 Å². The van der Waals surface area contributed by atoms with Crippen LogP contribution in [0.15, 0.2) is 0 Å². The molecule has 0 aromatic carbocycles. The fourth-order valence-electron chi connectivity index (χ4n) is 1.49. The van der Waals surface area contributed by atoms with E-state index in [9.17, 15) is 4.79 Å². The van der Waals surface area contributed by atoms with E-state index in [0.717, 1.165) is 25.8 Å². The maximum atomic E-state index is 11.5. The number of amides is 1. The Labute approximate surface area is 105 Å². The molecule has 17 heavy (non-hydrogen) atoms. The summed E-state index contributed by atoms with van der Waals surface area (Å²) < 4.78 is 5.19. The van der Waals surface area contributed by atoms with Crippen LogP contribution in [0.1, 0.15) is 53.9 Å². The highest BCUT2D eigenvalue weighted by molar-refractivity contribution is 5.67. The lowest BCUT2D eigenvalue weighted by Crippen LogP contribution is -2.42. The van der Waals surface area contributed by atoms with Crippen LogP contribution in [-0.4, -0.2) is 30.8 Å². The summed E-state index contributed by atoms with van der Waals surface area (Å²) in [5, 5.41) is 6.23. The molecular weight excluding hydrogens is 216 g/mol. The van der Waals surface area contributed by atoms with E-state index in [-0.39, 0.29) is 6.09 Å². The Bertz CT molecular complexity index is 212. The Kier molecular flexibility index (Phi) is 7.96. The van der Waals surface area contributed by atoms with Crippen LogP contribution in [-0.2, 0) is 4.74 Å². The standard InChI is InChI=1S/C13H28N2O2/c1-6-8-11(14-9-7-2)10-15-12(16)17-13(3,4)5/h11,14H,6-10H2,1-5H3,(H,15,16). The first-order valence-electron chi connectivity index (χ1n) is 6.59. The minimum Gasteiger partial charge on any atom is -0.444 e. The van der Waals surface area contributed by atoms with Crippen LogP contribution in [0.25, 0.3) is 0 Å². The number of rotatable bonds is 7. The van der Waals surface area contributed by atoms with Crippen molar-refractivity contribution in [2.24, 2.45) is 0 Å². The summed E-state index contributed by atoms with van der Waals surface area (Å²) in [7, 11) is 0. The Morgan fingerprint density at radius 3 is 2.35 bits per heavy atom. The summed E-state index contributed by atoms with van der Waals surface area (Å²) in [6, 6.07) is 0.340. The minimum absolute atomic E-state index is 0.336. The second-order valence-electron chi connectivity index (χ2n) is 5.32. The van der Waals surface area contributed by atoms with Crippen LogP contribution >= 0.6 is 0 Å². The lowest BCUT2D eigenvalue weighted by Gasteiger charge is -2.22. The first-order chi connectivity index (χ1) is 7.89. The molecule has 0 fully saturated rings.